The summed E-state index contributed by atoms with van der Waals surface area (Å²) in [6, 6.07) is 5.64. The number of nitro groups is 1. The summed E-state index contributed by atoms with van der Waals surface area (Å²) in [6.45, 7) is 1.69. The van der Waals surface area contributed by atoms with Gasteiger partial charge in [-0.15, -0.1) is 0 Å². The maximum Gasteiger partial charge on any atom is 0.409 e. The Kier molecular flexibility index (Phi) is 5.51. The first-order valence-corrected chi connectivity index (χ1v) is 7.37. The number of rotatable bonds is 4. The molecule has 124 valence electrons. The van der Waals surface area contributed by atoms with E-state index in [-0.39, 0.29) is 29.2 Å². The summed E-state index contributed by atoms with van der Waals surface area (Å²) in [5.41, 5.74) is 0.162. The van der Waals surface area contributed by atoms with Crippen molar-refractivity contribution in [3.05, 3.63) is 39.9 Å². The summed E-state index contributed by atoms with van der Waals surface area (Å²) in [5, 5.41) is 13.5. The van der Waals surface area contributed by atoms with Gasteiger partial charge in [0.05, 0.1) is 12.0 Å². The number of amides is 2. The average molecular weight is 321 g/mol. The van der Waals surface area contributed by atoms with Crippen molar-refractivity contribution in [3.8, 4) is 0 Å². The van der Waals surface area contributed by atoms with Gasteiger partial charge in [0.25, 0.3) is 11.6 Å². The van der Waals surface area contributed by atoms with Gasteiger partial charge in [0, 0.05) is 37.3 Å². The van der Waals surface area contributed by atoms with Crippen LogP contribution in [0, 0.1) is 16.0 Å². The van der Waals surface area contributed by atoms with E-state index < -0.39 is 4.92 Å². The van der Waals surface area contributed by atoms with Gasteiger partial charge in [0.15, 0.2) is 0 Å². The van der Waals surface area contributed by atoms with Crippen molar-refractivity contribution in [1.29, 1.82) is 0 Å². The number of non-ortho nitro benzene ring substituents is 1. The minimum absolute atomic E-state index is 0.107. The molecule has 0 atom stereocenters. The summed E-state index contributed by atoms with van der Waals surface area (Å²) < 4.78 is 4.67. The molecule has 1 aromatic carbocycles. The molecule has 8 nitrogen and oxygen atoms in total. The molecule has 2 amide bonds. The number of piperidine rings is 1. The van der Waals surface area contributed by atoms with E-state index in [1.54, 1.807) is 11.0 Å². The van der Waals surface area contributed by atoms with Gasteiger partial charge in [0.1, 0.15) is 0 Å². The van der Waals surface area contributed by atoms with Crippen molar-refractivity contribution in [1.82, 2.24) is 10.2 Å². The molecule has 0 bridgehead atoms. The molecule has 1 aromatic rings. The number of nitrogens with one attached hydrogen (secondary N) is 1. The number of hydrogen-bond acceptors (Lipinski definition) is 5. The van der Waals surface area contributed by atoms with Gasteiger partial charge >= 0.3 is 6.09 Å². The third-order valence-electron chi connectivity index (χ3n) is 3.92. The monoisotopic (exact) mass is 321 g/mol. The van der Waals surface area contributed by atoms with Gasteiger partial charge in [0.2, 0.25) is 0 Å². The maximum atomic E-state index is 12.1. The van der Waals surface area contributed by atoms with E-state index in [0.29, 0.717) is 19.6 Å². The molecule has 1 aliphatic heterocycles. The van der Waals surface area contributed by atoms with Crippen LogP contribution in [0.5, 0.6) is 0 Å². The summed E-state index contributed by atoms with van der Waals surface area (Å²) in [4.78, 5) is 35.3. The molecule has 23 heavy (non-hydrogen) atoms. The SMILES string of the molecule is COC(=O)N1CCC(CNC(=O)c2cccc([N+](=O)[O-])c2)CC1. The topological polar surface area (TPSA) is 102 Å². The number of benzene rings is 1. The Bertz CT molecular complexity index is 597. The standard InChI is InChI=1S/C15H19N3O5/c1-23-15(20)17-7-5-11(6-8-17)10-16-14(19)12-3-2-4-13(9-12)18(21)22/h2-4,9,11H,5-8,10H2,1H3,(H,16,19). The molecule has 8 heteroatoms. The summed E-state index contributed by atoms with van der Waals surface area (Å²) in [6.07, 6.45) is 1.23. The van der Waals surface area contributed by atoms with Crippen molar-refractivity contribution in [3.63, 3.8) is 0 Å². The largest absolute Gasteiger partial charge is 0.453 e. The van der Waals surface area contributed by atoms with Crippen molar-refractivity contribution < 1.29 is 19.2 Å². The molecule has 0 saturated carbocycles. The molecule has 2 rings (SSSR count). The van der Waals surface area contributed by atoms with Crippen LogP contribution >= 0.6 is 0 Å². The first-order chi connectivity index (χ1) is 11.0. The normalized spacial score (nSPS) is 15.1. The van der Waals surface area contributed by atoms with Crippen molar-refractivity contribution in [2.45, 2.75) is 12.8 Å². The second-order valence-corrected chi connectivity index (χ2v) is 5.42. The third kappa shape index (κ3) is 4.41. The Labute approximate surface area is 133 Å². The zero-order valence-electron chi connectivity index (χ0n) is 12.9. The molecule has 0 aromatic heterocycles. The predicted molar refractivity (Wildman–Crippen MR) is 82.1 cm³/mol. The van der Waals surface area contributed by atoms with E-state index in [2.05, 4.69) is 10.1 Å². The highest BCUT2D eigenvalue weighted by molar-refractivity contribution is 5.94. The van der Waals surface area contributed by atoms with Gasteiger partial charge in [-0.25, -0.2) is 4.79 Å². The van der Waals surface area contributed by atoms with E-state index >= 15 is 0 Å². The summed E-state index contributed by atoms with van der Waals surface area (Å²) in [5.74, 6) is -0.0531. The molecule has 0 spiro atoms. The second-order valence-electron chi connectivity index (χ2n) is 5.42. The summed E-state index contributed by atoms with van der Waals surface area (Å²) in [7, 11) is 1.35. The molecule has 1 saturated heterocycles. The lowest BCUT2D eigenvalue weighted by molar-refractivity contribution is -0.384. The number of hydrogen-bond donors (Lipinski definition) is 1. The quantitative estimate of drug-likeness (QED) is 0.673. The number of carbonyl (C=O) groups excluding carboxylic acids is 2. The number of likely N-dealkylation sites (tertiary alicyclic amines) is 1. The molecule has 1 aliphatic rings. The molecule has 1 N–H and O–H groups in total. The van der Waals surface area contributed by atoms with Gasteiger partial charge in [-0.05, 0) is 24.8 Å². The lowest BCUT2D eigenvalue weighted by Crippen LogP contribution is -2.41. The number of nitro benzene ring substituents is 1. The molecule has 0 unspecified atom stereocenters. The Morgan fingerprint density at radius 3 is 2.70 bits per heavy atom. The molecular weight excluding hydrogens is 302 g/mol. The zero-order valence-corrected chi connectivity index (χ0v) is 12.9. The Morgan fingerprint density at radius 2 is 2.09 bits per heavy atom. The van der Waals surface area contributed by atoms with Gasteiger partial charge in [-0.1, -0.05) is 6.07 Å². The van der Waals surface area contributed by atoms with Crippen LogP contribution in [-0.4, -0.2) is 48.6 Å². The van der Waals surface area contributed by atoms with E-state index in [1.807, 2.05) is 0 Å². The molecule has 0 radical (unpaired) electrons. The Balaban J connectivity index is 1.82. The van der Waals surface area contributed by atoms with Gasteiger partial charge in [-0.2, -0.15) is 0 Å². The van der Waals surface area contributed by atoms with Crippen LogP contribution in [0.3, 0.4) is 0 Å². The first-order valence-electron chi connectivity index (χ1n) is 7.37. The first kappa shape index (κ1) is 16.7. The van der Waals surface area contributed by atoms with Crippen molar-refractivity contribution in [2.75, 3.05) is 26.7 Å². The van der Waals surface area contributed by atoms with E-state index in [0.717, 1.165) is 12.8 Å². The highest BCUT2D eigenvalue weighted by Crippen LogP contribution is 2.17. The second kappa shape index (κ2) is 7.57. The smallest absolute Gasteiger partial charge is 0.409 e. The van der Waals surface area contributed by atoms with Crippen LogP contribution in [-0.2, 0) is 4.74 Å². The molecule has 1 heterocycles. The Morgan fingerprint density at radius 1 is 1.39 bits per heavy atom. The van der Waals surface area contributed by atoms with Gasteiger partial charge < -0.3 is 15.0 Å². The van der Waals surface area contributed by atoms with Gasteiger partial charge in [-0.3, -0.25) is 14.9 Å². The lowest BCUT2D eigenvalue weighted by Gasteiger charge is -2.30. The van der Waals surface area contributed by atoms with Crippen LogP contribution in [0.4, 0.5) is 10.5 Å². The number of methoxy groups -OCH3 is 1. The van der Waals surface area contributed by atoms with E-state index in [1.165, 1.54) is 25.3 Å². The zero-order chi connectivity index (χ0) is 16.8. The highest BCUT2D eigenvalue weighted by Gasteiger charge is 2.23. The third-order valence-corrected chi connectivity index (χ3v) is 3.92. The summed E-state index contributed by atoms with van der Waals surface area (Å²) >= 11 is 0. The van der Waals surface area contributed by atoms with E-state index in [9.17, 15) is 19.7 Å². The number of carbonyl (C=O) groups is 2. The molecular formula is C15H19N3O5. The predicted octanol–water partition coefficient (Wildman–Crippen LogP) is 1.80. The van der Waals surface area contributed by atoms with Crippen LogP contribution in [0.25, 0.3) is 0 Å². The van der Waals surface area contributed by atoms with Crippen molar-refractivity contribution >= 4 is 17.7 Å². The number of nitrogens with zero attached hydrogens (tertiary/aromatic N) is 2. The fourth-order valence-corrected chi connectivity index (χ4v) is 2.55. The molecule has 1 fully saturated rings. The average Bonchev–Trinajstić information content (AvgIpc) is 2.59. The molecule has 0 aliphatic carbocycles. The van der Waals surface area contributed by atoms with Crippen molar-refractivity contribution in [2.24, 2.45) is 5.92 Å². The fourth-order valence-electron chi connectivity index (χ4n) is 2.55. The van der Waals surface area contributed by atoms with Crippen LogP contribution in [0.15, 0.2) is 24.3 Å². The van der Waals surface area contributed by atoms with E-state index in [4.69, 9.17) is 0 Å². The highest BCUT2D eigenvalue weighted by atomic mass is 16.6. The minimum Gasteiger partial charge on any atom is -0.453 e. The maximum absolute atomic E-state index is 12.1. The van der Waals surface area contributed by atoms with Crippen LogP contribution < -0.4 is 5.32 Å². The number of ether oxygens (including phenoxy) is 1. The fraction of sp³-hybridized carbons (Fsp3) is 0.467. The van der Waals surface area contributed by atoms with Crippen LogP contribution in [0.2, 0.25) is 0 Å². The Hall–Kier alpha value is -2.64. The minimum atomic E-state index is -0.528. The van der Waals surface area contributed by atoms with Crippen LogP contribution in [0.1, 0.15) is 23.2 Å². The lowest BCUT2D eigenvalue weighted by atomic mass is 9.97.